The molecule has 1 N–H and O–H groups in total. The zero-order valence-electron chi connectivity index (χ0n) is 15.0. The molecule has 0 aliphatic heterocycles. The lowest BCUT2D eigenvalue weighted by Crippen LogP contribution is -2.26. The van der Waals surface area contributed by atoms with Crippen LogP contribution in [0.3, 0.4) is 0 Å². The van der Waals surface area contributed by atoms with Gasteiger partial charge in [0.1, 0.15) is 11.1 Å². The number of carbonyl (C=O) groups excluding carboxylic acids is 1. The lowest BCUT2D eigenvalue weighted by Gasteiger charge is -2.33. The summed E-state index contributed by atoms with van der Waals surface area (Å²) in [6.07, 6.45) is 2.88. The molecule has 0 spiro atoms. The standard InChI is InChI=1S/C20H20Cl2N2OS/c1-20(2,3)11-7-8-12-13(10-23)19(26-16(12)9-11)24-18(25)17-14(21)5-4-6-15(17)22/h4-6,11H,7-9H2,1-3H3,(H,24,25)/t11-/m1/s1. The normalized spacial score (nSPS) is 16.7. The molecule has 2 aromatic rings. The van der Waals surface area contributed by atoms with Gasteiger partial charge in [0.15, 0.2) is 0 Å². The highest BCUT2D eigenvalue weighted by atomic mass is 35.5. The zero-order valence-corrected chi connectivity index (χ0v) is 17.3. The van der Waals surface area contributed by atoms with Crippen molar-refractivity contribution < 1.29 is 4.79 Å². The number of fused-ring (bicyclic) bond motifs is 1. The van der Waals surface area contributed by atoms with Gasteiger partial charge in [0, 0.05) is 4.88 Å². The second-order valence-electron chi connectivity index (χ2n) is 7.68. The first-order valence-corrected chi connectivity index (χ1v) is 10.1. The Labute approximate surface area is 167 Å². The third-order valence-electron chi connectivity index (χ3n) is 5.02. The predicted octanol–water partition coefficient (Wildman–Crippen LogP) is 6.33. The van der Waals surface area contributed by atoms with Crippen molar-refractivity contribution in [1.29, 1.82) is 5.26 Å². The Kier molecular flexibility index (Phi) is 5.35. The van der Waals surface area contributed by atoms with Crippen molar-refractivity contribution in [2.45, 2.75) is 40.0 Å². The number of thiophene rings is 1. The summed E-state index contributed by atoms with van der Waals surface area (Å²) < 4.78 is 0. The van der Waals surface area contributed by atoms with Gasteiger partial charge in [-0.1, -0.05) is 50.0 Å². The van der Waals surface area contributed by atoms with Gasteiger partial charge in [-0.05, 0) is 48.3 Å². The van der Waals surface area contributed by atoms with Gasteiger partial charge >= 0.3 is 0 Å². The topological polar surface area (TPSA) is 52.9 Å². The fourth-order valence-electron chi connectivity index (χ4n) is 3.41. The second-order valence-corrected chi connectivity index (χ2v) is 9.60. The molecule has 0 unspecified atom stereocenters. The lowest BCUT2D eigenvalue weighted by atomic mass is 9.72. The fraction of sp³-hybridized carbons (Fsp3) is 0.400. The molecule has 1 aromatic heterocycles. The Hall–Kier alpha value is -1.54. The van der Waals surface area contributed by atoms with E-state index >= 15 is 0 Å². The summed E-state index contributed by atoms with van der Waals surface area (Å²) in [4.78, 5) is 13.9. The van der Waals surface area contributed by atoms with Crippen molar-refractivity contribution in [1.82, 2.24) is 0 Å². The number of nitrogens with one attached hydrogen (secondary N) is 1. The molecule has 3 rings (SSSR count). The summed E-state index contributed by atoms with van der Waals surface area (Å²) in [6.45, 7) is 6.76. The van der Waals surface area contributed by atoms with E-state index in [1.165, 1.54) is 16.2 Å². The van der Waals surface area contributed by atoms with Crippen molar-refractivity contribution in [3.8, 4) is 6.07 Å². The summed E-state index contributed by atoms with van der Waals surface area (Å²) in [6, 6.07) is 7.22. The molecule has 1 aliphatic rings. The van der Waals surface area contributed by atoms with Crippen molar-refractivity contribution in [2.75, 3.05) is 5.32 Å². The Balaban J connectivity index is 1.92. The van der Waals surface area contributed by atoms with Crippen LogP contribution in [0.4, 0.5) is 5.00 Å². The van der Waals surface area contributed by atoms with E-state index in [1.54, 1.807) is 18.2 Å². The summed E-state index contributed by atoms with van der Waals surface area (Å²) >= 11 is 13.8. The van der Waals surface area contributed by atoms with E-state index in [0.717, 1.165) is 24.8 Å². The van der Waals surface area contributed by atoms with Gasteiger partial charge < -0.3 is 5.32 Å². The highest BCUT2D eigenvalue weighted by Gasteiger charge is 2.32. The molecule has 1 atom stereocenters. The number of halogens is 2. The van der Waals surface area contributed by atoms with Gasteiger partial charge in [0.2, 0.25) is 0 Å². The Morgan fingerprint density at radius 3 is 2.54 bits per heavy atom. The third kappa shape index (κ3) is 3.62. The van der Waals surface area contributed by atoms with E-state index in [4.69, 9.17) is 23.2 Å². The molecular formula is C20H20Cl2N2OS. The van der Waals surface area contributed by atoms with E-state index in [-0.39, 0.29) is 16.9 Å². The van der Waals surface area contributed by atoms with Crippen molar-refractivity contribution in [3.05, 3.63) is 49.8 Å². The number of hydrogen-bond acceptors (Lipinski definition) is 3. The molecule has 1 amide bonds. The first-order chi connectivity index (χ1) is 12.2. The van der Waals surface area contributed by atoms with Gasteiger partial charge in [-0.25, -0.2) is 0 Å². The molecule has 1 heterocycles. The Morgan fingerprint density at radius 2 is 1.96 bits per heavy atom. The van der Waals surface area contributed by atoms with Crippen LogP contribution in [0.15, 0.2) is 18.2 Å². The van der Waals surface area contributed by atoms with Crippen molar-refractivity contribution in [2.24, 2.45) is 11.3 Å². The number of nitrogens with zero attached hydrogens (tertiary/aromatic N) is 1. The fourth-order valence-corrected chi connectivity index (χ4v) is 5.25. The SMILES string of the molecule is CC(C)(C)[C@@H]1CCc2c(sc(NC(=O)c3c(Cl)cccc3Cl)c2C#N)C1. The number of anilines is 1. The molecule has 1 aromatic carbocycles. The Bertz CT molecular complexity index is 886. The number of benzene rings is 1. The third-order valence-corrected chi connectivity index (χ3v) is 6.82. The van der Waals surface area contributed by atoms with E-state index in [1.807, 2.05) is 0 Å². The monoisotopic (exact) mass is 406 g/mol. The minimum absolute atomic E-state index is 0.225. The molecule has 6 heteroatoms. The molecule has 1 aliphatic carbocycles. The van der Waals surface area contributed by atoms with Crippen LogP contribution >= 0.6 is 34.5 Å². The number of nitriles is 1. The summed E-state index contributed by atoms with van der Waals surface area (Å²) in [5.74, 6) is 0.185. The van der Waals surface area contributed by atoms with Crippen LogP contribution < -0.4 is 5.32 Å². The largest absolute Gasteiger partial charge is 0.312 e. The van der Waals surface area contributed by atoms with E-state index in [2.05, 4.69) is 32.2 Å². The van der Waals surface area contributed by atoms with Gasteiger partial charge in [-0.2, -0.15) is 5.26 Å². The van der Waals surface area contributed by atoms with Gasteiger partial charge in [-0.15, -0.1) is 11.3 Å². The molecule has 26 heavy (non-hydrogen) atoms. The number of amides is 1. The smallest absolute Gasteiger partial charge is 0.259 e. The molecule has 0 saturated heterocycles. The highest BCUT2D eigenvalue weighted by molar-refractivity contribution is 7.16. The average molecular weight is 407 g/mol. The Morgan fingerprint density at radius 1 is 1.31 bits per heavy atom. The molecular weight excluding hydrogens is 387 g/mol. The molecule has 0 radical (unpaired) electrons. The van der Waals surface area contributed by atoms with Crippen LogP contribution in [0.1, 0.15) is 53.6 Å². The van der Waals surface area contributed by atoms with Crippen LogP contribution in [-0.4, -0.2) is 5.91 Å². The van der Waals surface area contributed by atoms with Crippen LogP contribution in [0.2, 0.25) is 10.0 Å². The van der Waals surface area contributed by atoms with Gasteiger partial charge in [0.05, 0.1) is 21.2 Å². The maximum atomic E-state index is 12.7. The van der Waals surface area contributed by atoms with Crippen LogP contribution in [0.5, 0.6) is 0 Å². The first kappa shape index (κ1) is 19.2. The summed E-state index contributed by atoms with van der Waals surface area (Å²) in [5, 5.41) is 13.7. The summed E-state index contributed by atoms with van der Waals surface area (Å²) in [7, 11) is 0. The summed E-state index contributed by atoms with van der Waals surface area (Å²) in [5.41, 5.74) is 2.12. The molecule has 0 saturated carbocycles. The lowest BCUT2D eigenvalue weighted by molar-refractivity contribution is 0.102. The molecule has 136 valence electrons. The quantitative estimate of drug-likeness (QED) is 0.632. The van der Waals surface area contributed by atoms with Gasteiger partial charge in [-0.3, -0.25) is 4.79 Å². The minimum atomic E-state index is -0.386. The van der Waals surface area contributed by atoms with E-state index in [0.29, 0.717) is 26.5 Å². The van der Waals surface area contributed by atoms with Gasteiger partial charge in [0.25, 0.3) is 5.91 Å². The number of rotatable bonds is 2. The number of hydrogen-bond donors (Lipinski definition) is 1. The molecule has 0 bridgehead atoms. The maximum Gasteiger partial charge on any atom is 0.259 e. The maximum absolute atomic E-state index is 12.7. The zero-order chi connectivity index (χ0) is 19.1. The van der Waals surface area contributed by atoms with Crippen molar-refractivity contribution >= 4 is 45.4 Å². The van der Waals surface area contributed by atoms with E-state index in [9.17, 15) is 10.1 Å². The highest BCUT2D eigenvalue weighted by Crippen LogP contribution is 2.44. The first-order valence-electron chi connectivity index (χ1n) is 8.52. The van der Waals surface area contributed by atoms with E-state index < -0.39 is 0 Å². The molecule has 3 nitrogen and oxygen atoms in total. The number of carbonyl (C=O) groups is 1. The van der Waals surface area contributed by atoms with Crippen LogP contribution in [-0.2, 0) is 12.8 Å². The van der Waals surface area contributed by atoms with Crippen LogP contribution in [0, 0.1) is 22.7 Å². The van der Waals surface area contributed by atoms with Crippen molar-refractivity contribution in [3.63, 3.8) is 0 Å². The van der Waals surface area contributed by atoms with Crippen LogP contribution in [0.25, 0.3) is 0 Å². The second kappa shape index (κ2) is 7.23. The minimum Gasteiger partial charge on any atom is -0.312 e. The molecule has 0 fully saturated rings. The average Bonchev–Trinajstić information content (AvgIpc) is 2.89. The predicted molar refractivity (Wildman–Crippen MR) is 108 cm³/mol.